The van der Waals surface area contributed by atoms with E-state index in [1.807, 2.05) is 0 Å². The average molecular weight is 397 g/mol. The molecule has 4 heteroatoms. The highest BCUT2D eigenvalue weighted by molar-refractivity contribution is 5.87. The molecule has 0 bridgehead atoms. The van der Waals surface area contributed by atoms with Gasteiger partial charge in [0.2, 0.25) is 0 Å². The van der Waals surface area contributed by atoms with Crippen LogP contribution < -0.4 is 0 Å². The summed E-state index contributed by atoms with van der Waals surface area (Å²) in [4.78, 5) is 23.1. The van der Waals surface area contributed by atoms with E-state index in [1.165, 1.54) is 31.8 Å². The zero-order chi connectivity index (χ0) is 20.4. The minimum atomic E-state index is -0.204. The summed E-state index contributed by atoms with van der Waals surface area (Å²) < 4.78 is 10.8. The Balaban J connectivity index is 1.37. The van der Waals surface area contributed by atoms with Gasteiger partial charge < -0.3 is 9.47 Å². The molecule has 6 atom stereocenters. The molecule has 0 aromatic rings. The molecule has 0 radical (unpaired) electrons. The molecule has 5 rings (SSSR count). The van der Waals surface area contributed by atoms with Gasteiger partial charge in [-0.05, 0) is 73.7 Å². The summed E-state index contributed by atoms with van der Waals surface area (Å²) in [6, 6.07) is 0. The van der Waals surface area contributed by atoms with Crippen molar-refractivity contribution in [1.82, 2.24) is 0 Å². The standard InChI is InChI=1S/C25H32O4/c1-15(26)29-18-8-10-24(2)17(13-18)4-5-19-21-7-6-20(16-12-23(27)28-14-16)25(21,3)11-9-22(19)24/h6-7,12,17-19,22H,4-5,8-11,13-14H2,1-3H3/t17?,18?,19?,22-,24-,25+/m0/s1. The van der Waals surface area contributed by atoms with Crippen molar-refractivity contribution in [3.63, 3.8) is 0 Å². The molecule has 0 N–H and O–H groups in total. The molecule has 0 aromatic heterocycles. The van der Waals surface area contributed by atoms with Crippen LogP contribution in [0.3, 0.4) is 0 Å². The number of hydrogen-bond donors (Lipinski definition) is 0. The highest BCUT2D eigenvalue weighted by Crippen LogP contribution is 2.65. The van der Waals surface area contributed by atoms with Crippen molar-refractivity contribution >= 4 is 11.9 Å². The van der Waals surface area contributed by atoms with Gasteiger partial charge in [-0.2, -0.15) is 0 Å². The lowest BCUT2D eigenvalue weighted by molar-refractivity contribution is -0.154. The SMILES string of the molecule is CC(=O)OC1CC[C@@]2(C)C(CCC3C4=CC=C(C5=CC(=O)OC5)[C@@]4(C)CC[C@@H]32)C1. The molecule has 0 amide bonds. The molecular formula is C25H32O4. The number of carbonyl (C=O) groups is 2. The third-order valence-electron chi connectivity index (χ3n) is 9.00. The van der Waals surface area contributed by atoms with E-state index in [0.717, 1.165) is 31.3 Å². The zero-order valence-corrected chi connectivity index (χ0v) is 17.8. The van der Waals surface area contributed by atoms with Gasteiger partial charge in [0, 0.05) is 24.0 Å². The highest BCUT2D eigenvalue weighted by atomic mass is 16.5. The fourth-order valence-electron chi connectivity index (χ4n) is 7.55. The second kappa shape index (κ2) is 6.58. The van der Waals surface area contributed by atoms with Crippen LogP contribution in [0.4, 0.5) is 0 Å². The first kappa shape index (κ1) is 19.1. The number of esters is 2. The fraction of sp³-hybridized carbons (Fsp3) is 0.680. The summed E-state index contributed by atoms with van der Waals surface area (Å²) in [7, 11) is 0. The van der Waals surface area contributed by atoms with E-state index in [9.17, 15) is 9.59 Å². The molecule has 0 saturated heterocycles. The van der Waals surface area contributed by atoms with E-state index in [-0.39, 0.29) is 23.5 Å². The van der Waals surface area contributed by atoms with Gasteiger partial charge in [0.15, 0.2) is 0 Å². The van der Waals surface area contributed by atoms with Gasteiger partial charge in [-0.15, -0.1) is 0 Å². The lowest BCUT2D eigenvalue weighted by atomic mass is 9.46. The smallest absolute Gasteiger partial charge is 0.331 e. The molecule has 3 fully saturated rings. The summed E-state index contributed by atoms with van der Waals surface area (Å²) >= 11 is 0. The number of ether oxygens (including phenoxy) is 2. The summed E-state index contributed by atoms with van der Waals surface area (Å²) in [5.41, 5.74) is 4.37. The maximum absolute atomic E-state index is 11.6. The number of cyclic esters (lactones) is 1. The first-order chi connectivity index (χ1) is 13.8. The van der Waals surface area contributed by atoms with Crippen LogP contribution in [-0.4, -0.2) is 24.6 Å². The molecular weight excluding hydrogens is 364 g/mol. The Morgan fingerprint density at radius 1 is 1.14 bits per heavy atom. The Morgan fingerprint density at radius 3 is 2.69 bits per heavy atom. The minimum Gasteiger partial charge on any atom is -0.463 e. The predicted octanol–water partition coefficient (Wildman–Crippen LogP) is 4.90. The maximum atomic E-state index is 11.6. The van der Waals surface area contributed by atoms with Gasteiger partial charge in [-0.25, -0.2) is 4.79 Å². The number of allylic oxidation sites excluding steroid dienone is 3. The molecule has 4 nitrogen and oxygen atoms in total. The second-order valence-electron chi connectivity index (χ2n) is 10.3. The van der Waals surface area contributed by atoms with Crippen molar-refractivity contribution in [1.29, 1.82) is 0 Å². The van der Waals surface area contributed by atoms with Gasteiger partial charge in [0.25, 0.3) is 0 Å². The second-order valence-corrected chi connectivity index (χ2v) is 10.3. The first-order valence-corrected chi connectivity index (χ1v) is 11.3. The molecule has 29 heavy (non-hydrogen) atoms. The molecule has 5 aliphatic rings. The van der Waals surface area contributed by atoms with Crippen molar-refractivity contribution in [3.8, 4) is 0 Å². The topological polar surface area (TPSA) is 52.6 Å². The number of rotatable bonds is 2. The van der Waals surface area contributed by atoms with Crippen LogP contribution in [0.25, 0.3) is 0 Å². The lowest BCUT2D eigenvalue weighted by Gasteiger charge is -2.59. The number of carbonyl (C=O) groups excluding carboxylic acids is 2. The molecule has 3 unspecified atom stereocenters. The van der Waals surface area contributed by atoms with Crippen molar-refractivity contribution < 1.29 is 19.1 Å². The summed E-state index contributed by atoms with van der Waals surface area (Å²) in [6.45, 7) is 6.84. The third-order valence-corrected chi connectivity index (χ3v) is 9.00. The van der Waals surface area contributed by atoms with E-state index in [1.54, 1.807) is 11.6 Å². The molecule has 4 aliphatic carbocycles. The Hall–Kier alpha value is -1.84. The Morgan fingerprint density at radius 2 is 1.97 bits per heavy atom. The van der Waals surface area contributed by atoms with Gasteiger partial charge in [-0.1, -0.05) is 31.6 Å². The highest BCUT2D eigenvalue weighted by Gasteiger charge is 2.57. The van der Waals surface area contributed by atoms with E-state index in [4.69, 9.17) is 9.47 Å². The third kappa shape index (κ3) is 2.85. The van der Waals surface area contributed by atoms with Crippen LogP contribution in [0.2, 0.25) is 0 Å². The van der Waals surface area contributed by atoms with E-state index in [2.05, 4.69) is 26.0 Å². The van der Waals surface area contributed by atoms with Crippen molar-refractivity contribution in [2.75, 3.05) is 6.61 Å². The molecule has 1 heterocycles. The number of fused-ring (bicyclic) bond motifs is 5. The van der Waals surface area contributed by atoms with Gasteiger partial charge in [-0.3, -0.25) is 4.79 Å². The van der Waals surface area contributed by atoms with Crippen LogP contribution in [0.15, 0.2) is 34.9 Å². The van der Waals surface area contributed by atoms with Crippen LogP contribution >= 0.6 is 0 Å². The molecule has 156 valence electrons. The van der Waals surface area contributed by atoms with Crippen LogP contribution in [0, 0.1) is 28.6 Å². The van der Waals surface area contributed by atoms with E-state index in [0.29, 0.717) is 29.8 Å². The monoisotopic (exact) mass is 396 g/mol. The normalized spacial score (nSPS) is 43.3. The van der Waals surface area contributed by atoms with Gasteiger partial charge in [0.05, 0.1) is 0 Å². The van der Waals surface area contributed by atoms with Crippen molar-refractivity contribution in [3.05, 3.63) is 34.9 Å². The summed E-state index contributed by atoms with van der Waals surface area (Å²) in [5, 5.41) is 0. The van der Waals surface area contributed by atoms with Gasteiger partial charge >= 0.3 is 11.9 Å². The van der Waals surface area contributed by atoms with Crippen molar-refractivity contribution in [2.45, 2.75) is 71.8 Å². The average Bonchev–Trinajstić information content (AvgIpc) is 3.24. The fourth-order valence-corrected chi connectivity index (χ4v) is 7.55. The van der Waals surface area contributed by atoms with Gasteiger partial charge in [0.1, 0.15) is 12.7 Å². The molecule has 3 saturated carbocycles. The Kier molecular flexibility index (Phi) is 4.34. The zero-order valence-electron chi connectivity index (χ0n) is 17.8. The maximum Gasteiger partial charge on any atom is 0.331 e. The van der Waals surface area contributed by atoms with E-state index >= 15 is 0 Å². The Bertz CT molecular complexity index is 849. The summed E-state index contributed by atoms with van der Waals surface area (Å²) in [5.74, 6) is 1.65. The quantitative estimate of drug-likeness (QED) is 0.623. The first-order valence-electron chi connectivity index (χ1n) is 11.3. The molecule has 0 spiro atoms. The minimum absolute atomic E-state index is 0.0547. The van der Waals surface area contributed by atoms with Crippen LogP contribution in [0.5, 0.6) is 0 Å². The molecule has 1 aliphatic heterocycles. The van der Waals surface area contributed by atoms with Crippen LogP contribution in [-0.2, 0) is 19.1 Å². The predicted molar refractivity (Wildman–Crippen MR) is 110 cm³/mol. The van der Waals surface area contributed by atoms with E-state index < -0.39 is 0 Å². The molecule has 0 aromatic carbocycles. The lowest BCUT2D eigenvalue weighted by Crippen LogP contribution is -2.51. The largest absolute Gasteiger partial charge is 0.463 e. The Labute approximate surface area is 173 Å². The number of hydrogen-bond acceptors (Lipinski definition) is 4. The summed E-state index contributed by atoms with van der Waals surface area (Å²) in [6.07, 6.45) is 14.5. The van der Waals surface area contributed by atoms with Crippen molar-refractivity contribution in [2.24, 2.45) is 28.6 Å². The van der Waals surface area contributed by atoms with Crippen LogP contribution in [0.1, 0.15) is 65.7 Å².